The smallest absolute Gasteiger partial charge is 0.123 e. The number of nitrogens with zero attached hydrogens (tertiary/aromatic N) is 1. The molecule has 0 spiro atoms. The van der Waals surface area contributed by atoms with Gasteiger partial charge in [0.1, 0.15) is 31.3 Å². The van der Waals surface area contributed by atoms with Crippen LogP contribution in [0.1, 0.15) is 44.5 Å². The van der Waals surface area contributed by atoms with Crippen molar-refractivity contribution in [1.82, 2.24) is 0 Å². The summed E-state index contributed by atoms with van der Waals surface area (Å²) in [5, 5.41) is 22.2. The number of hydrogen-bond acceptors (Lipinski definition) is 5. The van der Waals surface area contributed by atoms with Crippen LogP contribution < -0.4 is 9.47 Å². The Morgan fingerprint density at radius 2 is 0.906 bits per heavy atom. The maximum Gasteiger partial charge on any atom is 0.123 e. The molecule has 5 nitrogen and oxygen atoms in total. The Balaban J connectivity index is 1.11. The van der Waals surface area contributed by atoms with Crippen molar-refractivity contribution >= 4 is 43.1 Å². The summed E-state index contributed by atoms with van der Waals surface area (Å²) >= 11 is 0. The molecule has 0 saturated heterocycles. The van der Waals surface area contributed by atoms with E-state index in [1.807, 2.05) is 0 Å². The van der Waals surface area contributed by atoms with Crippen LogP contribution in [0.15, 0.2) is 199 Å². The molecule has 0 radical (unpaired) electrons. The predicted molar refractivity (Wildman–Crippen MR) is 261 cm³/mol. The second-order valence-electron chi connectivity index (χ2n) is 16.7. The van der Waals surface area contributed by atoms with E-state index in [0.29, 0.717) is 12.8 Å². The van der Waals surface area contributed by atoms with Crippen molar-refractivity contribution < 1.29 is 14.6 Å². The van der Waals surface area contributed by atoms with Gasteiger partial charge in [-0.3, -0.25) is 0 Å². The van der Waals surface area contributed by atoms with Crippen molar-refractivity contribution in [2.75, 3.05) is 26.4 Å². The fraction of sp³-hybridized carbons (Fsp3) is 0.119. The molecule has 0 atom stereocenters. The molecule has 11 rings (SSSR count). The first-order chi connectivity index (χ1) is 31.6. The second-order valence-corrected chi connectivity index (χ2v) is 16.7. The Morgan fingerprint density at radius 1 is 0.438 bits per heavy atom. The number of hydrogen-bond donors (Lipinski definition) is 1. The molecular formula is C59H45NO4. The van der Waals surface area contributed by atoms with E-state index < -0.39 is 5.41 Å². The van der Waals surface area contributed by atoms with Gasteiger partial charge in [-0.25, -0.2) is 0 Å². The highest BCUT2D eigenvalue weighted by Gasteiger charge is 2.46. The van der Waals surface area contributed by atoms with Gasteiger partial charge in [-0.2, -0.15) is 4.91 Å². The minimum absolute atomic E-state index is 0.0611. The molecule has 0 bridgehead atoms. The largest absolute Gasteiger partial charge is 0.491 e. The lowest BCUT2D eigenvalue weighted by atomic mass is 9.67. The molecule has 0 aliphatic heterocycles. The first-order valence-electron chi connectivity index (χ1n) is 22.1. The molecule has 0 amide bonds. The van der Waals surface area contributed by atoms with Gasteiger partial charge in [0, 0.05) is 24.0 Å². The predicted octanol–water partition coefficient (Wildman–Crippen LogP) is 13.4. The molecule has 1 aliphatic carbocycles. The van der Waals surface area contributed by atoms with Crippen LogP contribution in [0, 0.1) is 4.91 Å². The van der Waals surface area contributed by atoms with Crippen molar-refractivity contribution in [2.45, 2.75) is 18.3 Å². The van der Waals surface area contributed by atoms with Crippen LogP contribution in [0.5, 0.6) is 11.5 Å². The quantitative estimate of drug-likeness (QED) is 0.0928. The summed E-state index contributed by atoms with van der Waals surface area (Å²) in [5.74, 6) is 1.55. The molecule has 64 heavy (non-hydrogen) atoms. The van der Waals surface area contributed by atoms with Crippen LogP contribution in [0.2, 0.25) is 0 Å². The monoisotopic (exact) mass is 831 g/mol. The van der Waals surface area contributed by atoms with Crippen molar-refractivity contribution in [3.63, 3.8) is 0 Å². The van der Waals surface area contributed by atoms with E-state index in [-0.39, 0.29) is 26.4 Å². The minimum atomic E-state index is -0.641. The fourth-order valence-electron chi connectivity index (χ4n) is 10.5. The Morgan fingerprint density at radius 3 is 1.42 bits per heavy atom. The zero-order valence-electron chi connectivity index (χ0n) is 35.3. The lowest BCUT2D eigenvalue weighted by Crippen LogP contribution is -2.28. The van der Waals surface area contributed by atoms with E-state index in [2.05, 4.69) is 199 Å². The molecular weight excluding hydrogens is 787 g/mol. The van der Waals surface area contributed by atoms with E-state index >= 15 is 0 Å². The van der Waals surface area contributed by atoms with Crippen molar-refractivity contribution in [3.8, 4) is 22.6 Å². The summed E-state index contributed by atoms with van der Waals surface area (Å²) in [6.07, 6.45) is 1.34. The van der Waals surface area contributed by atoms with E-state index in [1.54, 1.807) is 0 Å². The van der Waals surface area contributed by atoms with Gasteiger partial charge in [0.25, 0.3) is 0 Å². The van der Waals surface area contributed by atoms with Gasteiger partial charge in [0.2, 0.25) is 0 Å². The zero-order chi connectivity index (χ0) is 43.0. The van der Waals surface area contributed by atoms with Crippen LogP contribution >= 0.6 is 0 Å². The summed E-state index contributed by atoms with van der Waals surface area (Å²) in [6, 6.07) is 70.1. The minimum Gasteiger partial charge on any atom is -0.491 e. The maximum absolute atomic E-state index is 11.1. The first kappa shape index (κ1) is 39.3. The van der Waals surface area contributed by atoms with Gasteiger partial charge in [0.15, 0.2) is 0 Å². The number of benzene rings is 10. The topological polar surface area (TPSA) is 68.1 Å². The lowest BCUT2D eigenvalue weighted by Gasteiger charge is -2.34. The maximum atomic E-state index is 11.1. The Hall–Kier alpha value is -7.60. The van der Waals surface area contributed by atoms with E-state index in [0.717, 1.165) is 44.2 Å². The standard InChI is InChI=1S/C59H45NO4/c61-32-34-64-58-30-24-44-36-46(26-28-50(44)54(58)38-42-16-10-14-40-12-2-4-18-48(40)42)59(55-21-7-5-19-51(55)52-20-6-8-22-56(52)59)45-25-27-49-43(35-45)23-29-57(63-33-31-60-62)53(49)37-41-15-9-13-39-11-1-3-17-47(39)41/h1-30,35-36,61H,31-34,37-38H2. The van der Waals surface area contributed by atoms with Gasteiger partial charge >= 0.3 is 0 Å². The number of nitroso groups, excluding NO2 is 1. The molecule has 0 unspecified atom stereocenters. The van der Waals surface area contributed by atoms with Crippen LogP contribution in [-0.4, -0.2) is 31.5 Å². The normalized spacial score (nSPS) is 12.7. The molecule has 0 heterocycles. The molecule has 10 aromatic rings. The third-order valence-electron chi connectivity index (χ3n) is 13.3. The van der Waals surface area contributed by atoms with Gasteiger partial charge < -0.3 is 14.6 Å². The fourth-order valence-corrected chi connectivity index (χ4v) is 10.5. The SMILES string of the molecule is O=NCCOc1ccc2cc(C3(c4ccc5c(Cc6cccc7ccccc67)c(OCCO)ccc5c4)c4ccccc4-c4ccccc43)ccc2c1Cc1cccc2ccccc12. The summed E-state index contributed by atoms with van der Waals surface area (Å²) < 4.78 is 12.6. The summed E-state index contributed by atoms with van der Waals surface area (Å²) in [5.41, 5.74) is 11.3. The Bertz CT molecular complexity index is 3350. The molecule has 310 valence electrons. The number of aliphatic hydroxyl groups excluding tert-OH is 1. The third-order valence-corrected chi connectivity index (χ3v) is 13.3. The Kier molecular flexibility index (Phi) is 10.2. The van der Waals surface area contributed by atoms with Crippen LogP contribution in [0.25, 0.3) is 54.2 Å². The number of ether oxygens (including phenoxy) is 2. The molecule has 1 aliphatic rings. The lowest BCUT2D eigenvalue weighted by molar-refractivity contribution is 0.200. The van der Waals surface area contributed by atoms with Crippen LogP contribution in [0.3, 0.4) is 0 Å². The highest BCUT2D eigenvalue weighted by molar-refractivity contribution is 5.96. The molecule has 0 fully saturated rings. The van der Waals surface area contributed by atoms with E-state index in [4.69, 9.17) is 9.47 Å². The number of aliphatic hydroxyl groups is 1. The molecule has 0 aromatic heterocycles. The summed E-state index contributed by atoms with van der Waals surface area (Å²) in [6.45, 7) is 0.457. The van der Waals surface area contributed by atoms with Gasteiger partial charge in [-0.15, -0.1) is 0 Å². The molecule has 5 heteroatoms. The molecule has 1 N–H and O–H groups in total. The van der Waals surface area contributed by atoms with Crippen molar-refractivity contribution in [3.05, 3.63) is 244 Å². The second kappa shape index (κ2) is 16.6. The Labute approximate surface area is 372 Å². The van der Waals surface area contributed by atoms with Gasteiger partial charge in [-0.1, -0.05) is 175 Å². The third kappa shape index (κ3) is 6.59. The number of rotatable bonds is 13. The van der Waals surface area contributed by atoms with E-state index in [9.17, 15) is 10.0 Å². The molecule has 0 saturated carbocycles. The summed E-state index contributed by atoms with van der Waals surface area (Å²) in [4.78, 5) is 11.1. The van der Waals surface area contributed by atoms with Gasteiger partial charge in [0.05, 0.1) is 12.0 Å². The highest BCUT2D eigenvalue weighted by atomic mass is 16.5. The van der Waals surface area contributed by atoms with Crippen LogP contribution in [0.4, 0.5) is 0 Å². The highest BCUT2D eigenvalue weighted by Crippen LogP contribution is 2.57. The average Bonchev–Trinajstić information content (AvgIpc) is 3.65. The summed E-state index contributed by atoms with van der Waals surface area (Å²) in [7, 11) is 0. The number of fused-ring (bicyclic) bond motifs is 7. The first-order valence-corrected chi connectivity index (χ1v) is 22.1. The van der Waals surface area contributed by atoms with Crippen LogP contribution in [-0.2, 0) is 18.3 Å². The van der Waals surface area contributed by atoms with Crippen molar-refractivity contribution in [1.29, 1.82) is 0 Å². The zero-order valence-corrected chi connectivity index (χ0v) is 35.3. The molecule has 10 aromatic carbocycles. The van der Waals surface area contributed by atoms with E-state index in [1.165, 1.54) is 66.1 Å². The average molecular weight is 832 g/mol. The van der Waals surface area contributed by atoms with Crippen molar-refractivity contribution in [2.24, 2.45) is 5.18 Å². The van der Waals surface area contributed by atoms with Gasteiger partial charge in [-0.05, 0) is 112 Å².